The van der Waals surface area contributed by atoms with Gasteiger partial charge in [0.05, 0.1) is 0 Å². The van der Waals surface area contributed by atoms with Gasteiger partial charge in [-0.15, -0.1) is 0 Å². The highest BCUT2D eigenvalue weighted by molar-refractivity contribution is 5.76. The molecule has 0 radical (unpaired) electrons. The summed E-state index contributed by atoms with van der Waals surface area (Å²) in [6.45, 7) is 7.22. The van der Waals surface area contributed by atoms with Gasteiger partial charge in [-0.25, -0.2) is 0 Å². The van der Waals surface area contributed by atoms with E-state index in [0.717, 1.165) is 19.4 Å². The molecule has 0 saturated heterocycles. The first-order valence-electron chi connectivity index (χ1n) is 5.37. The van der Waals surface area contributed by atoms with E-state index in [0.29, 0.717) is 6.42 Å². The van der Waals surface area contributed by atoms with E-state index in [9.17, 15) is 4.79 Å². The molecule has 14 heavy (non-hydrogen) atoms. The summed E-state index contributed by atoms with van der Waals surface area (Å²) in [6.07, 6.45) is 2.54. The Balaban J connectivity index is 3.99. The highest BCUT2D eigenvalue weighted by Gasteiger charge is 2.24. The molecule has 0 spiro atoms. The van der Waals surface area contributed by atoms with Crippen molar-refractivity contribution in [3.8, 4) is 0 Å². The predicted molar refractivity (Wildman–Crippen MR) is 60.3 cm³/mol. The summed E-state index contributed by atoms with van der Waals surface area (Å²) in [5.41, 5.74) is -0.0171. The number of carbonyl (C=O) groups is 1. The van der Waals surface area contributed by atoms with Crippen LogP contribution in [0, 0.1) is 0 Å². The number of carbonyl (C=O) groups excluding carboxylic acids is 1. The maximum Gasteiger partial charge on any atom is 0.222 e. The van der Waals surface area contributed by atoms with Gasteiger partial charge >= 0.3 is 0 Å². The van der Waals surface area contributed by atoms with Crippen LogP contribution < -0.4 is 5.32 Å². The van der Waals surface area contributed by atoms with E-state index in [1.807, 2.05) is 19.0 Å². The van der Waals surface area contributed by atoms with Crippen molar-refractivity contribution in [1.29, 1.82) is 0 Å². The van der Waals surface area contributed by atoms with Crippen molar-refractivity contribution in [3.05, 3.63) is 0 Å². The third kappa shape index (κ3) is 4.09. The zero-order valence-electron chi connectivity index (χ0n) is 10.2. The fourth-order valence-corrected chi connectivity index (χ4v) is 1.16. The molecular formula is C11H24N2O. The van der Waals surface area contributed by atoms with Gasteiger partial charge in [-0.2, -0.15) is 0 Å². The van der Waals surface area contributed by atoms with Crippen LogP contribution in [0.3, 0.4) is 0 Å². The second-order valence-electron chi connectivity index (χ2n) is 4.33. The van der Waals surface area contributed by atoms with Crippen molar-refractivity contribution in [3.63, 3.8) is 0 Å². The molecule has 0 aliphatic rings. The highest BCUT2D eigenvalue weighted by Crippen LogP contribution is 2.17. The van der Waals surface area contributed by atoms with Gasteiger partial charge in [0.2, 0.25) is 5.91 Å². The SMILES string of the molecule is CCC(C)(C)N(C)C(=O)CCCNC. The maximum atomic E-state index is 11.7. The lowest BCUT2D eigenvalue weighted by Gasteiger charge is -2.35. The molecule has 84 valence electrons. The molecule has 0 aromatic heterocycles. The second kappa shape index (κ2) is 6.02. The minimum Gasteiger partial charge on any atom is -0.341 e. The summed E-state index contributed by atoms with van der Waals surface area (Å²) < 4.78 is 0. The zero-order chi connectivity index (χ0) is 11.2. The van der Waals surface area contributed by atoms with Crippen LogP contribution in [0.2, 0.25) is 0 Å². The number of nitrogens with one attached hydrogen (secondary N) is 1. The summed E-state index contributed by atoms with van der Waals surface area (Å²) in [5, 5.41) is 3.04. The Morgan fingerprint density at radius 2 is 2.00 bits per heavy atom. The van der Waals surface area contributed by atoms with Gasteiger partial charge in [-0.05, 0) is 40.3 Å². The zero-order valence-corrected chi connectivity index (χ0v) is 10.2. The van der Waals surface area contributed by atoms with Crippen LogP contribution in [-0.4, -0.2) is 37.0 Å². The number of hydrogen-bond donors (Lipinski definition) is 1. The standard InChI is InChI=1S/C11H24N2O/c1-6-11(2,3)13(5)10(14)8-7-9-12-4/h12H,6-9H2,1-5H3. The highest BCUT2D eigenvalue weighted by atomic mass is 16.2. The van der Waals surface area contributed by atoms with E-state index >= 15 is 0 Å². The van der Waals surface area contributed by atoms with E-state index in [-0.39, 0.29) is 11.4 Å². The Labute approximate surface area is 87.9 Å². The van der Waals surface area contributed by atoms with Gasteiger partial charge < -0.3 is 10.2 Å². The molecule has 0 heterocycles. The number of rotatable bonds is 6. The lowest BCUT2D eigenvalue weighted by Crippen LogP contribution is -2.44. The monoisotopic (exact) mass is 200 g/mol. The minimum absolute atomic E-state index is 0.0171. The molecule has 0 aliphatic carbocycles. The first kappa shape index (κ1) is 13.4. The third-order valence-corrected chi connectivity index (χ3v) is 2.96. The summed E-state index contributed by atoms with van der Waals surface area (Å²) in [5.74, 6) is 0.243. The smallest absolute Gasteiger partial charge is 0.222 e. The molecule has 0 unspecified atom stereocenters. The van der Waals surface area contributed by atoms with Gasteiger partial charge in [-0.3, -0.25) is 4.79 Å². The average Bonchev–Trinajstić information content (AvgIpc) is 2.17. The van der Waals surface area contributed by atoms with Gasteiger partial charge in [0.15, 0.2) is 0 Å². The van der Waals surface area contributed by atoms with E-state index in [1.165, 1.54) is 0 Å². The van der Waals surface area contributed by atoms with Crippen molar-refractivity contribution in [2.75, 3.05) is 20.6 Å². The van der Waals surface area contributed by atoms with Crippen LogP contribution in [0.25, 0.3) is 0 Å². The van der Waals surface area contributed by atoms with Gasteiger partial charge in [-0.1, -0.05) is 6.92 Å². The van der Waals surface area contributed by atoms with E-state index in [2.05, 4.69) is 26.1 Å². The van der Waals surface area contributed by atoms with Crippen molar-refractivity contribution >= 4 is 5.91 Å². The molecule has 0 rings (SSSR count). The van der Waals surface area contributed by atoms with Gasteiger partial charge in [0.25, 0.3) is 0 Å². The number of amides is 1. The Bertz CT molecular complexity index is 178. The summed E-state index contributed by atoms with van der Waals surface area (Å²) >= 11 is 0. The second-order valence-corrected chi connectivity index (χ2v) is 4.33. The maximum absolute atomic E-state index is 11.7. The van der Waals surface area contributed by atoms with E-state index in [1.54, 1.807) is 0 Å². The Morgan fingerprint density at radius 3 is 2.43 bits per heavy atom. The van der Waals surface area contributed by atoms with Crippen LogP contribution in [0.1, 0.15) is 40.0 Å². The lowest BCUT2D eigenvalue weighted by molar-refractivity contribution is -0.134. The largest absolute Gasteiger partial charge is 0.341 e. The topological polar surface area (TPSA) is 32.3 Å². The van der Waals surface area contributed by atoms with Crippen LogP contribution in [0.5, 0.6) is 0 Å². The summed E-state index contributed by atoms with van der Waals surface area (Å²) in [7, 11) is 3.80. The summed E-state index contributed by atoms with van der Waals surface area (Å²) in [4.78, 5) is 13.6. The normalized spacial score (nSPS) is 11.5. The van der Waals surface area contributed by atoms with Gasteiger partial charge in [0.1, 0.15) is 0 Å². The molecule has 0 bridgehead atoms. The molecule has 0 saturated carbocycles. The first-order valence-corrected chi connectivity index (χ1v) is 5.37. The molecule has 3 heteroatoms. The van der Waals surface area contributed by atoms with Crippen molar-refractivity contribution in [1.82, 2.24) is 10.2 Å². The first-order chi connectivity index (χ1) is 6.45. The molecule has 0 atom stereocenters. The van der Waals surface area contributed by atoms with Gasteiger partial charge in [0, 0.05) is 19.0 Å². The van der Waals surface area contributed by atoms with Crippen molar-refractivity contribution in [2.24, 2.45) is 0 Å². The molecular weight excluding hydrogens is 176 g/mol. The van der Waals surface area contributed by atoms with Crippen molar-refractivity contribution < 1.29 is 4.79 Å². The van der Waals surface area contributed by atoms with E-state index < -0.39 is 0 Å². The lowest BCUT2D eigenvalue weighted by atomic mass is 9.99. The molecule has 0 aromatic rings. The van der Waals surface area contributed by atoms with Crippen LogP contribution in [-0.2, 0) is 4.79 Å². The fourth-order valence-electron chi connectivity index (χ4n) is 1.16. The number of nitrogens with zero attached hydrogens (tertiary/aromatic N) is 1. The van der Waals surface area contributed by atoms with Crippen LogP contribution in [0.4, 0.5) is 0 Å². The Morgan fingerprint density at radius 1 is 1.43 bits per heavy atom. The third-order valence-electron chi connectivity index (χ3n) is 2.96. The molecule has 3 nitrogen and oxygen atoms in total. The molecule has 1 N–H and O–H groups in total. The Hall–Kier alpha value is -0.570. The Kier molecular flexibility index (Phi) is 5.77. The number of hydrogen-bond acceptors (Lipinski definition) is 2. The fraction of sp³-hybridized carbons (Fsp3) is 0.909. The molecule has 0 fully saturated rings. The minimum atomic E-state index is -0.0171. The average molecular weight is 200 g/mol. The van der Waals surface area contributed by atoms with Crippen LogP contribution >= 0.6 is 0 Å². The molecule has 0 aliphatic heterocycles. The van der Waals surface area contributed by atoms with Crippen molar-refractivity contribution in [2.45, 2.75) is 45.6 Å². The molecule has 0 aromatic carbocycles. The summed E-state index contributed by atoms with van der Waals surface area (Å²) in [6, 6.07) is 0. The predicted octanol–water partition coefficient (Wildman–Crippen LogP) is 1.63. The van der Waals surface area contributed by atoms with Crippen LogP contribution in [0.15, 0.2) is 0 Å². The molecule has 1 amide bonds. The van der Waals surface area contributed by atoms with E-state index in [4.69, 9.17) is 0 Å². The quantitative estimate of drug-likeness (QED) is 0.661.